The third-order valence-electron chi connectivity index (χ3n) is 2.20. The Hall–Kier alpha value is -2.01. The summed E-state index contributed by atoms with van der Waals surface area (Å²) in [5.41, 5.74) is 0.463. The van der Waals surface area contributed by atoms with Crippen LogP contribution in [0.15, 0.2) is 30.4 Å². The fourth-order valence-electron chi connectivity index (χ4n) is 1.30. The van der Waals surface area contributed by atoms with Gasteiger partial charge in [-0.3, -0.25) is 4.79 Å². The zero-order valence-electron chi connectivity index (χ0n) is 9.88. The minimum atomic E-state index is -1.19. The van der Waals surface area contributed by atoms with Gasteiger partial charge in [0.2, 0.25) is 0 Å². The van der Waals surface area contributed by atoms with Gasteiger partial charge in [0.25, 0.3) is 5.91 Å². The highest BCUT2D eigenvalue weighted by Gasteiger charge is 2.13. The summed E-state index contributed by atoms with van der Waals surface area (Å²) in [6, 6.07) is 4.82. The van der Waals surface area contributed by atoms with E-state index in [-0.39, 0.29) is 0 Å². The number of benzene rings is 1. The number of methoxy groups -OCH3 is 1. The smallest absolute Gasteiger partial charge is 0.328 e. The molecule has 0 bridgehead atoms. The monoisotopic (exact) mass is 269 g/mol. The van der Waals surface area contributed by atoms with Gasteiger partial charge in [0.1, 0.15) is 5.75 Å². The van der Waals surface area contributed by atoms with Crippen molar-refractivity contribution in [3.63, 3.8) is 0 Å². The van der Waals surface area contributed by atoms with Crippen LogP contribution in [0, 0.1) is 0 Å². The Morgan fingerprint density at radius 2 is 2.06 bits per heavy atom. The molecule has 0 aliphatic carbocycles. The minimum absolute atomic E-state index is 0.452. The maximum absolute atomic E-state index is 11.7. The SMILES string of the molecule is COc1ccc(Cl)cc1N(C)C(=O)/C=C/C(=O)O. The molecule has 0 fully saturated rings. The number of carbonyl (C=O) groups excluding carboxylic acids is 1. The van der Waals surface area contributed by atoms with Gasteiger partial charge in [-0.2, -0.15) is 0 Å². The summed E-state index contributed by atoms with van der Waals surface area (Å²) in [6.07, 6.45) is 1.73. The number of rotatable bonds is 4. The van der Waals surface area contributed by atoms with Crippen molar-refractivity contribution in [2.75, 3.05) is 19.1 Å². The molecule has 0 unspecified atom stereocenters. The molecule has 0 aliphatic rings. The van der Waals surface area contributed by atoms with Gasteiger partial charge in [-0.25, -0.2) is 4.79 Å². The first kappa shape index (κ1) is 14.1. The molecule has 0 atom stereocenters. The van der Waals surface area contributed by atoms with Crippen LogP contribution in [0.25, 0.3) is 0 Å². The number of nitrogens with zero attached hydrogens (tertiary/aromatic N) is 1. The second-order valence-corrected chi connectivity index (χ2v) is 3.82. The van der Waals surface area contributed by atoms with Crippen LogP contribution in [0.3, 0.4) is 0 Å². The van der Waals surface area contributed by atoms with E-state index in [4.69, 9.17) is 21.4 Å². The predicted molar refractivity (Wildman–Crippen MR) is 68.2 cm³/mol. The summed E-state index contributed by atoms with van der Waals surface area (Å²) >= 11 is 5.84. The average Bonchev–Trinajstić information content (AvgIpc) is 2.34. The van der Waals surface area contributed by atoms with E-state index < -0.39 is 11.9 Å². The number of hydrogen-bond acceptors (Lipinski definition) is 3. The lowest BCUT2D eigenvalue weighted by molar-refractivity contribution is -0.131. The number of hydrogen-bond donors (Lipinski definition) is 1. The van der Waals surface area contributed by atoms with Crippen LogP contribution in [0.4, 0.5) is 5.69 Å². The highest BCUT2D eigenvalue weighted by Crippen LogP contribution is 2.30. The molecule has 0 heterocycles. The molecule has 1 aromatic rings. The molecular weight excluding hydrogens is 258 g/mol. The van der Waals surface area contributed by atoms with Gasteiger partial charge in [-0.05, 0) is 18.2 Å². The van der Waals surface area contributed by atoms with Crippen molar-refractivity contribution < 1.29 is 19.4 Å². The van der Waals surface area contributed by atoms with Crippen LogP contribution < -0.4 is 9.64 Å². The average molecular weight is 270 g/mol. The first-order valence-corrected chi connectivity index (χ1v) is 5.35. The van der Waals surface area contributed by atoms with E-state index >= 15 is 0 Å². The predicted octanol–water partition coefficient (Wildman–Crippen LogP) is 1.95. The highest BCUT2D eigenvalue weighted by atomic mass is 35.5. The fraction of sp³-hybridized carbons (Fsp3) is 0.167. The molecule has 0 aliphatic heterocycles. The van der Waals surface area contributed by atoms with E-state index in [2.05, 4.69) is 0 Å². The third kappa shape index (κ3) is 3.49. The van der Waals surface area contributed by atoms with Crippen molar-refractivity contribution in [1.29, 1.82) is 0 Å². The summed E-state index contributed by atoms with van der Waals surface area (Å²) in [5.74, 6) is -1.20. The van der Waals surface area contributed by atoms with Gasteiger partial charge in [-0.15, -0.1) is 0 Å². The van der Waals surface area contributed by atoms with Crippen molar-refractivity contribution in [2.45, 2.75) is 0 Å². The van der Waals surface area contributed by atoms with Gasteiger partial charge in [0.15, 0.2) is 0 Å². The quantitative estimate of drug-likeness (QED) is 0.849. The van der Waals surface area contributed by atoms with E-state index in [1.807, 2.05) is 0 Å². The van der Waals surface area contributed by atoms with E-state index in [9.17, 15) is 9.59 Å². The van der Waals surface area contributed by atoms with E-state index in [1.54, 1.807) is 18.2 Å². The molecule has 1 rings (SSSR count). The van der Waals surface area contributed by atoms with Crippen LogP contribution in [0.1, 0.15) is 0 Å². The van der Waals surface area contributed by atoms with Crippen molar-refractivity contribution >= 4 is 29.2 Å². The molecule has 6 heteroatoms. The molecule has 0 saturated heterocycles. The second-order valence-electron chi connectivity index (χ2n) is 3.38. The van der Waals surface area contributed by atoms with Crippen molar-refractivity contribution in [1.82, 2.24) is 0 Å². The van der Waals surface area contributed by atoms with Crippen molar-refractivity contribution in [3.05, 3.63) is 35.4 Å². The molecule has 0 spiro atoms. The third-order valence-corrected chi connectivity index (χ3v) is 2.44. The first-order valence-electron chi connectivity index (χ1n) is 4.98. The van der Waals surface area contributed by atoms with E-state index in [1.165, 1.54) is 19.1 Å². The van der Waals surface area contributed by atoms with Crippen molar-refractivity contribution in [2.24, 2.45) is 0 Å². The van der Waals surface area contributed by atoms with E-state index in [0.29, 0.717) is 16.5 Å². The number of ether oxygens (including phenoxy) is 1. The lowest BCUT2D eigenvalue weighted by atomic mass is 10.2. The normalized spacial score (nSPS) is 10.4. The molecule has 5 nitrogen and oxygen atoms in total. The number of halogens is 1. The van der Waals surface area contributed by atoms with Crippen LogP contribution in [0.5, 0.6) is 5.75 Å². The Morgan fingerprint density at radius 3 is 2.61 bits per heavy atom. The molecule has 18 heavy (non-hydrogen) atoms. The van der Waals surface area contributed by atoms with Gasteiger partial charge in [0, 0.05) is 24.2 Å². The molecule has 0 aromatic heterocycles. The minimum Gasteiger partial charge on any atom is -0.495 e. The summed E-state index contributed by atoms with van der Waals surface area (Å²) < 4.78 is 5.10. The van der Waals surface area contributed by atoms with Gasteiger partial charge < -0.3 is 14.7 Å². The first-order chi connectivity index (χ1) is 8.45. The number of likely N-dealkylation sites (N-methyl/N-ethyl adjacent to an activating group) is 1. The van der Waals surface area contributed by atoms with Crippen LogP contribution >= 0.6 is 11.6 Å². The van der Waals surface area contributed by atoms with Crippen LogP contribution in [-0.4, -0.2) is 31.1 Å². The van der Waals surface area contributed by atoms with Gasteiger partial charge >= 0.3 is 5.97 Å². The molecular formula is C12H12ClNO4. The molecule has 1 aromatic carbocycles. The molecule has 0 saturated carbocycles. The number of aliphatic carboxylic acids is 1. The maximum Gasteiger partial charge on any atom is 0.328 e. The number of amides is 1. The Bertz CT molecular complexity index is 499. The Kier molecular flexibility index (Phi) is 4.74. The van der Waals surface area contributed by atoms with E-state index in [0.717, 1.165) is 12.2 Å². The zero-order chi connectivity index (χ0) is 13.7. The highest BCUT2D eigenvalue weighted by molar-refractivity contribution is 6.31. The standard InChI is InChI=1S/C12H12ClNO4/c1-14(11(15)5-6-12(16)17)9-7-8(13)3-4-10(9)18-2/h3-7H,1-2H3,(H,16,17)/b6-5+. The molecule has 1 amide bonds. The number of anilines is 1. The zero-order valence-corrected chi connectivity index (χ0v) is 10.6. The summed E-state index contributed by atoms with van der Waals surface area (Å²) in [6.45, 7) is 0. The molecule has 96 valence electrons. The van der Waals surface area contributed by atoms with Crippen LogP contribution in [-0.2, 0) is 9.59 Å². The van der Waals surface area contributed by atoms with Gasteiger partial charge in [-0.1, -0.05) is 11.6 Å². The fourth-order valence-corrected chi connectivity index (χ4v) is 1.46. The number of carbonyl (C=O) groups is 2. The lowest BCUT2D eigenvalue weighted by Gasteiger charge is -2.18. The largest absolute Gasteiger partial charge is 0.495 e. The van der Waals surface area contributed by atoms with Gasteiger partial charge in [0.05, 0.1) is 12.8 Å². The molecule has 0 radical (unpaired) electrons. The van der Waals surface area contributed by atoms with Crippen molar-refractivity contribution in [3.8, 4) is 5.75 Å². The summed E-state index contributed by atoms with van der Waals surface area (Å²) in [4.78, 5) is 23.3. The second kappa shape index (κ2) is 6.07. The Balaban J connectivity index is 3.02. The number of carboxylic acid groups (broad SMARTS) is 1. The van der Waals surface area contributed by atoms with Crippen LogP contribution in [0.2, 0.25) is 5.02 Å². The summed E-state index contributed by atoms with van der Waals surface area (Å²) in [7, 11) is 2.97. The lowest BCUT2D eigenvalue weighted by Crippen LogP contribution is -2.24. The Labute approximate surface area is 109 Å². The summed E-state index contributed by atoms with van der Waals surface area (Å²) in [5, 5.41) is 8.91. The Morgan fingerprint density at radius 1 is 1.39 bits per heavy atom. The molecule has 1 N–H and O–H groups in total. The number of carboxylic acids is 1. The topological polar surface area (TPSA) is 66.8 Å². The maximum atomic E-state index is 11.7.